The van der Waals surface area contributed by atoms with Gasteiger partial charge in [0.2, 0.25) is 5.88 Å². The van der Waals surface area contributed by atoms with Crippen LogP contribution in [0.4, 0.5) is 0 Å². The third-order valence-electron chi connectivity index (χ3n) is 3.00. The summed E-state index contributed by atoms with van der Waals surface area (Å²) in [5.41, 5.74) is 2.27. The number of benzene rings is 1. The molecule has 0 aliphatic heterocycles. The highest BCUT2D eigenvalue weighted by Gasteiger charge is 2.17. The molecule has 0 aliphatic rings. The number of pyridine rings is 1. The Labute approximate surface area is 140 Å². The second-order valence-electron chi connectivity index (χ2n) is 4.38. The van der Waals surface area contributed by atoms with E-state index in [1.807, 2.05) is 53.2 Å². The Bertz CT molecular complexity index is 777. The van der Waals surface area contributed by atoms with Gasteiger partial charge < -0.3 is 9.84 Å². The first-order valence-corrected chi connectivity index (χ1v) is 7.55. The van der Waals surface area contributed by atoms with Crippen LogP contribution in [0.3, 0.4) is 0 Å². The van der Waals surface area contributed by atoms with Crippen molar-refractivity contribution in [3.05, 3.63) is 52.8 Å². The Hall–Kier alpha value is -1.38. The van der Waals surface area contributed by atoms with E-state index in [0.717, 1.165) is 11.1 Å². The highest BCUT2D eigenvalue weighted by molar-refractivity contribution is 14.1. The fraction of sp³-hybridized carbons (Fsp3) is 0.143. The van der Waals surface area contributed by atoms with Crippen molar-refractivity contribution in [2.75, 3.05) is 0 Å². The van der Waals surface area contributed by atoms with Crippen LogP contribution in [0, 0.1) is 0 Å². The maximum absolute atomic E-state index is 9.46. The lowest BCUT2D eigenvalue weighted by molar-refractivity contribution is 0.275. The first-order chi connectivity index (χ1) is 10.2. The molecule has 0 unspecified atom stereocenters. The quantitative estimate of drug-likeness (QED) is 0.524. The average molecular weight is 416 g/mol. The normalized spacial score (nSPS) is 11.0. The molecule has 0 saturated carbocycles. The summed E-state index contributed by atoms with van der Waals surface area (Å²) < 4.78 is 7.42. The monoisotopic (exact) mass is 415 g/mol. The molecule has 3 aromatic rings. The first-order valence-electron chi connectivity index (χ1n) is 6.21. The van der Waals surface area contributed by atoms with Crippen LogP contribution in [0.2, 0.25) is 5.15 Å². The molecule has 1 aromatic carbocycles. The van der Waals surface area contributed by atoms with E-state index in [1.54, 1.807) is 8.96 Å². The number of aliphatic hydroxyl groups excluding tert-OH is 1. The molecule has 2 aromatic heterocycles. The van der Waals surface area contributed by atoms with Crippen LogP contribution in [0.1, 0.15) is 11.3 Å². The van der Waals surface area contributed by atoms with Gasteiger partial charge in [0.1, 0.15) is 11.8 Å². The second kappa shape index (κ2) is 6.17. The Balaban J connectivity index is 1.99. The van der Waals surface area contributed by atoms with E-state index in [-0.39, 0.29) is 6.61 Å². The van der Waals surface area contributed by atoms with Gasteiger partial charge in [-0.3, -0.25) is 0 Å². The zero-order valence-electron chi connectivity index (χ0n) is 10.8. The molecule has 0 amide bonds. The van der Waals surface area contributed by atoms with Gasteiger partial charge in [0.15, 0.2) is 0 Å². The van der Waals surface area contributed by atoms with Crippen molar-refractivity contribution in [3.63, 3.8) is 0 Å². The van der Waals surface area contributed by atoms with Crippen molar-refractivity contribution in [1.82, 2.24) is 13.0 Å². The standard InChI is InChI=1S/C14H11ClIN3O2/c15-12-6-11-13(10(7-20)17-12)14(18-19(11)16)21-8-9-4-2-1-3-5-9/h1-6,20H,7-8H2. The zero-order valence-corrected chi connectivity index (χ0v) is 13.7. The summed E-state index contributed by atoms with van der Waals surface area (Å²) in [4.78, 5) is 4.13. The predicted octanol–water partition coefficient (Wildman–Crippen LogP) is 3.35. The van der Waals surface area contributed by atoms with Crippen LogP contribution in [-0.2, 0) is 13.2 Å². The van der Waals surface area contributed by atoms with Gasteiger partial charge in [-0.15, -0.1) is 5.10 Å². The van der Waals surface area contributed by atoms with Crippen LogP contribution in [0.5, 0.6) is 5.88 Å². The van der Waals surface area contributed by atoms with Crippen molar-refractivity contribution in [2.45, 2.75) is 13.2 Å². The maximum Gasteiger partial charge on any atom is 0.243 e. The molecule has 7 heteroatoms. The number of ether oxygens (including phenoxy) is 1. The van der Waals surface area contributed by atoms with E-state index in [2.05, 4.69) is 10.1 Å². The number of aliphatic hydroxyl groups is 1. The van der Waals surface area contributed by atoms with Gasteiger partial charge in [0, 0.05) is 6.07 Å². The number of nitrogens with zero attached hydrogens (tertiary/aromatic N) is 3. The highest BCUT2D eigenvalue weighted by atomic mass is 127. The largest absolute Gasteiger partial charge is 0.471 e. The Morgan fingerprint density at radius 3 is 2.76 bits per heavy atom. The minimum atomic E-state index is -0.221. The summed E-state index contributed by atoms with van der Waals surface area (Å²) in [5.74, 6) is 0.441. The molecule has 0 atom stereocenters. The SMILES string of the molecule is OCc1nc(Cl)cc2c1c(OCc1ccccc1)nn2I. The number of rotatable bonds is 4. The van der Waals surface area contributed by atoms with Crippen LogP contribution >= 0.6 is 34.5 Å². The molecular formula is C14H11ClIN3O2. The van der Waals surface area contributed by atoms with Gasteiger partial charge in [0.05, 0.1) is 46.1 Å². The zero-order chi connectivity index (χ0) is 14.8. The molecule has 0 aliphatic carbocycles. The first kappa shape index (κ1) is 14.6. The van der Waals surface area contributed by atoms with E-state index < -0.39 is 0 Å². The third kappa shape index (κ3) is 2.97. The summed E-state index contributed by atoms with van der Waals surface area (Å²) in [5, 5.41) is 14.8. The molecule has 3 rings (SSSR count). The Kier molecular flexibility index (Phi) is 4.27. The van der Waals surface area contributed by atoms with Gasteiger partial charge in [0.25, 0.3) is 0 Å². The van der Waals surface area contributed by atoms with Crippen molar-refractivity contribution in [3.8, 4) is 5.88 Å². The molecule has 21 heavy (non-hydrogen) atoms. The van der Waals surface area contributed by atoms with Crippen molar-refractivity contribution in [1.29, 1.82) is 0 Å². The summed E-state index contributed by atoms with van der Waals surface area (Å²) in [6.07, 6.45) is 0. The van der Waals surface area contributed by atoms with E-state index in [1.165, 1.54) is 0 Å². The van der Waals surface area contributed by atoms with Crippen molar-refractivity contribution >= 4 is 45.4 Å². The van der Waals surface area contributed by atoms with Gasteiger partial charge in [-0.2, -0.15) is 2.90 Å². The van der Waals surface area contributed by atoms with E-state index in [0.29, 0.717) is 28.7 Å². The lowest BCUT2D eigenvalue weighted by Gasteiger charge is -2.05. The Morgan fingerprint density at radius 2 is 2.05 bits per heavy atom. The molecule has 108 valence electrons. The molecule has 5 nitrogen and oxygen atoms in total. The summed E-state index contributed by atoms with van der Waals surface area (Å²) in [6, 6.07) is 11.5. The van der Waals surface area contributed by atoms with Gasteiger partial charge in [-0.05, 0) is 5.56 Å². The van der Waals surface area contributed by atoms with Crippen molar-refractivity contribution < 1.29 is 9.84 Å². The fourth-order valence-electron chi connectivity index (χ4n) is 2.05. The number of halogens is 2. The summed E-state index contributed by atoms with van der Waals surface area (Å²) in [6.45, 7) is 0.179. The van der Waals surface area contributed by atoms with E-state index in [9.17, 15) is 5.11 Å². The number of fused-ring (bicyclic) bond motifs is 1. The topological polar surface area (TPSA) is 60.2 Å². The lowest BCUT2D eigenvalue weighted by atomic mass is 10.2. The third-order valence-corrected chi connectivity index (χ3v) is 3.93. The molecule has 0 radical (unpaired) electrons. The van der Waals surface area contributed by atoms with Crippen LogP contribution in [0.15, 0.2) is 36.4 Å². The highest BCUT2D eigenvalue weighted by Crippen LogP contribution is 2.31. The smallest absolute Gasteiger partial charge is 0.243 e. The molecule has 2 heterocycles. The predicted molar refractivity (Wildman–Crippen MR) is 88.7 cm³/mol. The number of aromatic nitrogens is 3. The second-order valence-corrected chi connectivity index (χ2v) is 5.68. The fourth-order valence-corrected chi connectivity index (χ4v) is 2.84. The molecule has 0 saturated heterocycles. The minimum absolute atomic E-state index is 0.221. The number of hydrogen-bond acceptors (Lipinski definition) is 4. The van der Waals surface area contributed by atoms with Gasteiger partial charge in [-0.1, -0.05) is 41.9 Å². The number of hydrogen-bond donors (Lipinski definition) is 1. The summed E-state index contributed by atoms with van der Waals surface area (Å²) in [7, 11) is 0. The molecule has 1 N–H and O–H groups in total. The van der Waals surface area contributed by atoms with Crippen LogP contribution in [0.25, 0.3) is 10.9 Å². The van der Waals surface area contributed by atoms with Crippen LogP contribution in [-0.4, -0.2) is 18.1 Å². The van der Waals surface area contributed by atoms with Crippen molar-refractivity contribution in [2.24, 2.45) is 0 Å². The molecule has 0 fully saturated rings. The molecule has 0 bridgehead atoms. The maximum atomic E-state index is 9.46. The average Bonchev–Trinajstić information content (AvgIpc) is 2.82. The minimum Gasteiger partial charge on any atom is -0.471 e. The summed E-state index contributed by atoms with van der Waals surface area (Å²) >= 11 is 7.99. The van der Waals surface area contributed by atoms with Crippen LogP contribution < -0.4 is 4.74 Å². The molecular weight excluding hydrogens is 405 g/mol. The van der Waals surface area contributed by atoms with Gasteiger partial charge >= 0.3 is 0 Å². The lowest BCUT2D eigenvalue weighted by Crippen LogP contribution is -1.97. The molecule has 0 spiro atoms. The van der Waals surface area contributed by atoms with Gasteiger partial charge in [-0.25, -0.2) is 4.98 Å². The van der Waals surface area contributed by atoms with E-state index >= 15 is 0 Å². The Morgan fingerprint density at radius 1 is 1.29 bits per heavy atom. The van der Waals surface area contributed by atoms with E-state index in [4.69, 9.17) is 16.3 Å².